The molecule has 0 amide bonds. The van der Waals surface area contributed by atoms with Gasteiger partial charge in [0.05, 0.1) is 37.9 Å². The maximum atomic E-state index is 13.0. The number of aliphatic hydroxyl groups is 1. The quantitative estimate of drug-likeness (QED) is 0.360. The lowest BCUT2D eigenvalue weighted by atomic mass is 9.88. The maximum Gasteiger partial charge on any atom is 0.252 e. The Morgan fingerprint density at radius 2 is 1.90 bits per heavy atom. The fourth-order valence-corrected chi connectivity index (χ4v) is 6.71. The lowest BCUT2D eigenvalue weighted by molar-refractivity contribution is -0.178. The fourth-order valence-electron chi connectivity index (χ4n) is 6.71. The highest BCUT2D eigenvalue weighted by Gasteiger charge is 2.39. The van der Waals surface area contributed by atoms with E-state index in [-0.39, 0.29) is 29.7 Å². The molecule has 2 unspecified atom stereocenters. The molecule has 9 nitrogen and oxygen atoms in total. The molecule has 0 radical (unpaired) electrons. The van der Waals surface area contributed by atoms with Gasteiger partial charge in [0.2, 0.25) is 5.95 Å². The van der Waals surface area contributed by atoms with Crippen LogP contribution >= 0.6 is 0 Å². The second-order valence-corrected chi connectivity index (χ2v) is 12.6. The molecular weight excluding hydrogens is 518 g/mol. The third kappa shape index (κ3) is 6.12. The maximum absolute atomic E-state index is 13.0. The number of aliphatic hydroxyl groups excluding tert-OH is 1. The van der Waals surface area contributed by atoms with Crippen molar-refractivity contribution < 1.29 is 14.6 Å². The van der Waals surface area contributed by atoms with Crippen LogP contribution in [0.1, 0.15) is 58.4 Å². The molecule has 4 heterocycles. The highest BCUT2D eigenvalue weighted by Crippen LogP contribution is 2.37. The van der Waals surface area contributed by atoms with E-state index in [1.165, 1.54) is 24.9 Å². The van der Waals surface area contributed by atoms with Gasteiger partial charge >= 0.3 is 0 Å². The summed E-state index contributed by atoms with van der Waals surface area (Å²) in [6, 6.07) is 11.9. The van der Waals surface area contributed by atoms with Crippen molar-refractivity contribution in [3.05, 3.63) is 52.9 Å². The van der Waals surface area contributed by atoms with E-state index in [2.05, 4.69) is 53.3 Å². The molecular formula is C32H43N5O4. The average molecular weight is 562 g/mol. The van der Waals surface area contributed by atoms with Gasteiger partial charge in [0, 0.05) is 48.2 Å². The van der Waals surface area contributed by atoms with Crippen molar-refractivity contribution in [3.63, 3.8) is 0 Å². The first-order valence-corrected chi connectivity index (χ1v) is 15.2. The van der Waals surface area contributed by atoms with Crippen molar-refractivity contribution in [3.8, 4) is 0 Å². The summed E-state index contributed by atoms with van der Waals surface area (Å²) in [6.07, 6.45) is 8.76. The topological polar surface area (TPSA) is 102 Å². The third-order valence-corrected chi connectivity index (χ3v) is 9.50. The molecule has 9 heteroatoms. The number of nitrogens with one attached hydrogen (secondary N) is 1. The first-order valence-electron chi connectivity index (χ1n) is 15.2. The van der Waals surface area contributed by atoms with E-state index < -0.39 is 0 Å². The van der Waals surface area contributed by atoms with Gasteiger partial charge in [-0.2, -0.15) is 4.98 Å². The monoisotopic (exact) mass is 561 g/mol. The summed E-state index contributed by atoms with van der Waals surface area (Å²) in [4.78, 5) is 24.7. The van der Waals surface area contributed by atoms with Crippen LogP contribution in [0.2, 0.25) is 0 Å². The van der Waals surface area contributed by atoms with E-state index in [0.29, 0.717) is 43.3 Å². The lowest BCUT2D eigenvalue weighted by Crippen LogP contribution is -2.50. The number of hydrogen-bond donors (Lipinski definition) is 2. The van der Waals surface area contributed by atoms with Gasteiger partial charge in [-0.15, -0.1) is 0 Å². The number of piperidine rings is 1. The SMILES string of the molecule is CC(CC1CCC[C@@H]1C)n1c(=O)ccc2cnc(Nc3ccc(N4CCC(OCC5(CO)COC5)CC4)cc3)nc21. The molecule has 0 bridgehead atoms. The zero-order valence-electron chi connectivity index (χ0n) is 24.3. The summed E-state index contributed by atoms with van der Waals surface area (Å²) in [5.41, 5.74) is 2.56. The second-order valence-electron chi connectivity index (χ2n) is 12.6. The van der Waals surface area contributed by atoms with E-state index >= 15 is 0 Å². The van der Waals surface area contributed by atoms with E-state index in [0.717, 1.165) is 43.4 Å². The van der Waals surface area contributed by atoms with Crippen LogP contribution in [0.25, 0.3) is 11.0 Å². The van der Waals surface area contributed by atoms with Crippen LogP contribution in [0.15, 0.2) is 47.4 Å². The van der Waals surface area contributed by atoms with E-state index in [9.17, 15) is 9.90 Å². The first kappa shape index (κ1) is 28.1. The molecule has 1 aliphatic carbocycles. The standard InChI is InChI=1S/C32H43N5O4/c1-22-4-3-5-24(22)16-23(2)37-29(39)11-6-25-17-33-31(35-30(25)37)34-26-7-9-27(10-8-26)36-14-12-28(13-15-36)41-21-32(18-38)19-40-20-32/h6-11,17,22-24,28,38H,3-5,12-16,18-21H2,1-2H3,(H,33,34,35)/t22-,23?,24?/m0/s1. The van der Waals surface area contributed by atoms with Crippen molar-refractivity contribution in [2.45, 2.75) is 64.5 Å². The van der Waals surface area contributed by atoms with Gasteiger partial charge in [-0.05, 0) is 68.4 Å². The van der Waals surface area contributed by atoms with Gasteiger partial charge in [0.25, 0.3) is 5.56 Å². The molecule has 220 valence electrons. The Balaban J connectivity index is 1.08. The minimum absolute atomic E-state index is 0.0104. The molecule has 41 heavy (non-hydrogen) atoms. The molecule has 3 fully saturated rings. The van der Waals surface area contributed by atoms with Gasteiger partial charge in [0.1, 0.15) is 5.65 Å². The molecule has 2 aromatic heterocycles. The Bertz CT molecular complexity index is 1380. The lowest BCUT2D eigenvalue weighted by Gasteiger charge is -2.41. The number of nitrogens with zero attached hydrogens (tertiary/aromatic N) is 4. The molecule has 2 saturated heterocycles. The minimum atomic E-state index is -0.196. The van der Waals surface area contributed by atoms with Gasteiger partial charge in [-0.25, -0.2) is 4.98 Å². The summed E-state index contributed by atoms with van der Waals surface area (Å²) in [6.45, 7) is 8.21. The Hall–Kier alpha value is -3.01. The summed E-state index contributed by atoms with van der Waals surface area (Å²) in [5, 5.41) is 13.8. The zero-order chi connectivity index (χ0) is 28.4. The van der Waals surface area contributed by atoms with Crippen molar-refractivity contribution in [2.24, 2.45) is 17.3 Å². The van der Waals surface area contributed by atoms with E-state index in [1.807, 2.05) is 10.6 Å². The summed E-state index contributed by atoms with van der Waals surface area (Å²) < 4.78 is 13.3. The van der Waals surface area contributed by atoms with E-state index in [4.69, 9.17) is 14.5 Å². The number of aromatic nitrogens is 3. The molecule has 2 N–H and O–H groups in total. The molecule has 6 rings (SSSR count). The molecule has 3 atom stereocenters. The number of fused-ring (bicyclic) bond motifs is 1. The Morgan fingerprint density at radius 3 is 2.56 bits per heavy atom. The van der Waals surface area contributed by atoms with Crippen molar-refractivity contribution in [1.82, 2.24) is 14.5 Å². The van der Waals surface area contributed by atoms with Crippen LogP contribution in [0.3, 0.4) is 0 Å². The van der Waals surface area contributed by atoms with Crippen molar-refractivity contribution in [2.75, 3.05) is 49.7 Å². The molecule has 3 aromatic rings. The van der Waals surface area contributed by atoms with Crippen LogP contribution in [0.4, 0.5) is 17.3 Å². The highest BCUT2D eigenvalue weighted by molar-refractivity contribution is 5.76. The average Bonchev–Trinajstić information content (AvgIpc) is 3.37. The smallest absolute Gasteiger partial charge is 0.252 e. The number of pyridine rings is 1. The van der Waals surface area contributed by atoms with Gasteiger partial charge in [0.15, 0.2) is 0 Å². The van der Waals surface area contributed by atoms with E-state index in [1.54, 1.807) is 12.3 Å². The number of anilines is 3. The molecule has 1 aromatic carbocycles. The number of ether oxygens (including phenoxy) is 2. The predicted octanol–water partition coefficient (Wildman–Crippen LogP) is 4.92. The number of hydrogen-bond acceptors (Lipinski definition) is 8. The van der Waals surface area contributed by atoms with Crippen LogP contribution in [-0.2, 0) is 9.47 Å². The van der Waals surface area contributed by atoms with Crippen molar-refractivity contribution >= 4 is 28.4 Å². The number of benzene rings is 1. The largest absolute Gasteiger partial charge is 0.396 e. The Kier molecular flexibility index (Phi) is 8.28. The van der Waals surface area contributed by atoms with Crippen LogP contribution in [0, 0.1) is 17.3 Å². The molecule has 0 spiro atoms. The minimum Gasteiger partial charge on any atom is -0.396 e. The molecule has 2 aliphatic heterocycles. The molecule has 3 aliphatic rings. The van der Waals surface area contributed by atoms with Crippen LogP contribution in [0.5, 0.6) is 0 Å². The Morgan fingerprint density at radius 1 is 1.12 bits per heavy atom. The fraction of sp³-hybridized carbons (Fsp3) is 0.594. The van der Waals surface area contributed by atoms with Crippen LogP contribution < -0.4 is 15.8 Å². The highest BCUT2D eigenvalue weighted by atomic mass is 16.5. The van der Waals surface area contributed by atoms with Crippen molar-refractivity contribution in [1.29, 1.82) is 0 Å². The van der Waals surface area contributed by atoms with Gasteiger partial charge in [-0.1, -0.05) is 26.2 Å². The summed E-state index contributed by atoms with van der Waals surface area (Å²) in [5.74, 6) is 1.86. The zero-order valence-corrected chi connectivity index (χ0v) is 24.3. The normalized spacial score (nSPS) is 23.4. The molecule has 1 saturated carbocycles. The first-order chi connectivity index (χ1) is 19.9. The summed E-state index contributed by atoms with van der Waals surface area (Å²) in [7, 11) is 0. The number of rotatable bonds is 10. The van der Waals surface area contributed by atoms with Gasteiger partial charge < -0.3 is 24.8 Å². The van der Waals surface area contributed by atoms with Crippen LogP contribution in [-0.4, -0.2) is 65.3 Å². The second kappa shape index (κ2) is 12.1. The third-order valence-electron chi connectivity index (χ3n) is 9.50. The predicted molar refractivity (Wildman–Crippen MR) is 161 cm³/mol. The summed E-state index contributed by atoms with van der Waals surface area (Å²) >= 11 is 0. The Labute approximate surface area is 241 Å². The van der Waals surface area contributed by atoms with Gasteiger partial charge in [-0.3, -0.25) is 9.36 Å².